The average Bonchev–Trinajstić information content (AvgIpc) is 2.42. The van der Waals surface area contributed by atoms with Crippen molar-refractivity contribution in [2.45, 2.75) is 51.9 Å². The molecule has 90 valence electrons. The highest BCUT2D eigenvalue weighted by molar-refractivity contribution is 5.72. The van der Waals surface area contributed by atoms with Gasteiger partial charge < -0.3 is 5.32 Å². The number of hydrogen-bond acceptors (Lipinski definition) is 1. The Bertz CT molecular complexity index is 283. The largest absolute Gasteiger partial charge is 0.356 e. The maximum Gasteiger partial charge on any atom is 0.216 e. The molecule has 4 bridgehead atoms. The molecule has 0 heterocycles. The van der Waals surface area contributed by atoms with Crippen molar-refractivity contribution in [3.05, 3.63) is 0 Å². The fourth-order valence-electron chi connectivity index (χ4n) is 4.90. The molecule has 0 aromatic rings. The summed E-state index contributed by atoms with van der Waals surface area (Å²) in [5.74, 6) is 3.07. The summed E-state index contributed by atoms with van der Waals surface area (Å²) in [5.41, 5.74) is 0.485. The molecule has 0 aliphatic heterocycles. The maximum absolute atomic E-state index is 11.1. The Labute approximate surface area is 98.2 Å². The maximum atomic E-state index is 11.1. The quantitative estimate of drug-likeness (QED) is 0.763. The Kier molecular flexibility index (Phi) is 2.49. The SMILES string of the molecule is CC(=O)NCC12CC3C[C@H](CC[C@@H](C3)C1)C2. The van der Waals surface area contributed by atoms with Crippen molar-refractivity contribution in [2.75, 3.05) is 6.54 Å². The van der Waals surface area contributed by atoms with Crippen molar-refractivity contribution in [1.82, 2.24) is 5.32 Å². The summed E-state index contributed by atoms with van der Waals surface area (Å²) >= 11 is 0. The summed E-state index contributed by atoms with van der Waals surface area (Å²) < 4.78 is 0. The van der Waals surface area contributed by atoms with E-state index in [1.54, 1.807) is 6.92 Å². The Morgan fingerprint density at radius 1 is 1.12 bits per heavy atom. The lowest BCUT2D eigenvalue weighted by atomic mass is 9.58. The van der Waals surface area contributed by atoms with E-state index in [1.165, 1.54) is 44.9 Å². The van der Waals surface area contributed by atoms with Gasteiger partial charge in [0, 0.05) is 13.5 Å². The second-order valence-electron chi connectivity index (χ2n) is 6.67. The minimum absolute atomic E-state index is 0.148. The third kappa shape index (κ3) is 1.87. The van der Waals surface area contributed by atoms with Gasteiger partial charge in [-0.1, -0.05) is 12.8 Å². The summed E-state index contributed by atoms with van der Waals surface area (Å²) in [4.78, 5) is 11.1. The van der Waals surface area contributed by atoms with E-state index in [0.29, 0.717) is 5.41 Å². The van der Waals surface area contributed by atoms with Crippen LogP contribution >= 0.6 is 0 Å². The van der Waals surface area contributed by atoms with E-state index in [4.69, 9.17) is 0 Å². The highest BCUT2D eigenvalue weighted by Crippen LogP contribution is 2.57. The van der Waals surface area contributed by atoms with Gasteiger partial charge in [-0.25, -0.2) is 0 Å². The Morgan fingerprint density at radius 2 is 1.69 bits per heavy atom. The molecule has 0 saturated heterocycles. The van der Waals surface area contributed by atoms with Crippen LogP contribution in [0.2, 0.25) is 0 Å². The standard InChI is InChI=1S/C14H23NO/c1-10(16)15-9-14-6-11-2-3-12(7-14)5-13(4-11)8-14/h11-13H,2-9H2,1H3,(H,15,16)/t11-,12-,13?,14?/m0/s1. The molecule has 0 aromatic heterocycles. The lowest BCUT2D eigenvalue weighted by Crippen LogP contribution is -2.45. The molecule has 4 aliphatic carbocycles. The van der Waals surface area contributed by atoms with E-state index in [2.05, 4.69) is 5.32 Å². The van der Waals surface area contributed by atoms with E-state index in [9.17, 15) is 4.79 Å². The molecule has 2 atom stereocenters. The van der Waals surface area contributed by atoms with Gasteiger partial charge in [0.2, 0.25) is 5.91 Å². The third-order valence-corrected chi connectivity index (χ3v) is 5.19. The van der Waals surface area contributed by atoms with Crippen molar-refractivity contribution in [3.63, 3.8) is 0 Å². The number of rotatable bonds is 2. The molecule has 4 fully saturated rings. The first-order chi connectivity index (χ1) is 7.65. The van der Waals surface area contributed by atoms with Crippen molar-refractivity contribution in [1.29, 1.82) is 0 Å². The van der Waals surface area contributed by atoms with Gasteiger partial charge in [-0.3, -0.25) is 4.79 Å². The molecule has 2 heteroatoms. The van der Waals surface area contributed by atoms with E-state index in [0.717, 1.165) is 24.3 Å². The minimum atomic E-state index is 0.148. The predicted octanol–water partition coefficient (Wildman–Crippen LogP) is 2.73. The topological polar surface area (TPSA) is 29.1 Å². The van der Waals surface area contributed by atoms with Gasteiger partial charge in [-0.2, -0.15) is 0 Å². The van der Waals surface area contributed by atoms with Crippen LogP contribution in [0.3, 0.4) is 0 Å². The number of carbonyl (C=O) groups is 1. The van der Waals surface area contributed by atoms with E-state index < -0.39 is 0 Å². The summed E-state index contributed by atoms with van der Waals surface area (Å²) in [6, 6.07) is 0. The zero-order valence-corrected chi connectivity index (χ0v) is 10.3. The summed E-state index contributed by atoms with van der Waals surface area (Å²) in [6.07, 6.45) is 10.1. The molecule has 16 heavy (non-hydrogen) atoms. The number of carbonyl (C=O) groups excluding carboxylic acids is 1. The molecular weight excluding hydrogens is 198 g/mol. The molecular formula is C14H23NO. The van der Waals surface area contributed by atoms with Crippen LogP contribution in [0.15, 0.2) is 0 Å². The van der Waals surface area contributed by atoms with Gasteiger partial charge in [-0.05, 0) is 55.3 Å². The molecule has 4 saturated carbocycles. The second-order valence-corrected chi connectivity index (χ2v) is 6.67. The Hall–Kier alpha value is -0.530. The monoisotopic (exact) mass is 221 g/mol. The van der Waals surface area contributed by atoms with Crippen LogP contribution in [0, 0.1) is 23.2 Å². The predicted molar refractivity (Wildman–Crippen MR) is 63.9 cm³/mol. The number of nitrogens with one attached hydrogen (secondary N) is 1. The lowest BCUT2D eigenvalue weighted by Gasteiger charge is -2.48. The highest BCUT2D eigenvalue weighted by Gasteiger charge is 2.48. The van der Waals surface area contributed by atoms with Gasteiger partial charge in [0.25, 0.3) is 0 Å². The van der Waals surface area contributed by atoms with Crippen molar-refractivity contribution < 1.29 is 4.79 Å². The van der Waals surface area contributed by atoms with Crippen LogP contribution in [0.4, 0.5) is 0 Å². The van der Waals surface area contributed by atoms with E-state index in [1.807, 2.05) is 0 Å². The van der Waals surface area contributed by atoms with Crippen molar-refractivity contribution >= 4 is 5.91 Å². The zero-order valence-electron chi connectivity index (χ0n) is 10.3. The normalized spacial score (nSPS) is 45.4. The summed E-state index contributed by atoms with van der Waals surface area (Å²) in [7, 11) is 0. The molecule has 1 N–H and O–H groups in total. The molecule has 0 spiro atoms. The van der Waals surface area contributed by atoms with Crippen LogP contribution in [0.5, 0.6) is 0 Å². The van der Waals surface area contributed by atoms with Crippen molar-refractivity contribution in [2.24, 2.45) is 23.2 Å². The van der Waals surface area contributed by atoms with E-state index >= 15 is 0 Å². The van der Waals surface area contributed by atoms with Gasteiger partial charge in [0.15, 0.2) is 0 Å². The molecule has 0 radical (unpaired) electrons. The first-order valence-corrected chi connectivity index (χ1v) is 6.90. The van der Waals surface area contributed by atoms with Crippen LogP contribution in [0.1, 0.15) is 51.9 Å². The number of hydrogen-bond donors (Lipinski definition) is 1. The van der Waals surface area contributed by atoms with Gasteiger partial charge in [0.05, 0.1) is 0 Å². The second kappa shape index (κ2) is 3.75. The smallest absolute Gasteiger partial charge is 0.216 e. The fraction of sp³-hybridized carbons (Fsp3) is 0.929. The van der Waals surface area contributed by atoms with Crippen molar-refractivity contribution in [3.8, 4) is 0 Å². The van der Waals surface area contributed by atoms with Crippen LogP contribution in [0.25, 0.3) is 0 Å². The molecule has 2 nitrogen and oxygen atoms in total. The fourth-order valence-corrected chi connectivity index (χ4v) is 4.90. The van der Waals surface area contributed by atoms with Crippen LogP contribution in [-0.4, -0.2) is 12.5 Å². The summed E-state index contributed by atoms with van der Waals surface area (Å²) in [5, 5.41) is 3.09. The Balaban J connectivity index is 1.76. The lowest BCUT2D eigenvalue weighted by molar-refractivity contribution is -0.120. The molecule has 1 amide bonds. The minimum Gasteiger partial charge on any atom is -0.356 e. The molecule has 4 aliphatic rings. The van der Waals surface area contributed by atoms with Gasteiger partial charge in [-0.15, -0.1) is 0 Å². The molecule has 4 rings (SSSR count). The average molecular weight is 221 g/mol. The van der Waals surface area contributed by atoms with Crippen LogP contribution in [-0.2, 0) is 4.79 Å². The third-order valence-electron chi connectivity index (χ3n) is 5.19. The first-order valence-electron chi connectivity index (χ1n) is 6.90. The Morgan fingerprint density at radius 3 is 2.25 bits per heavy atom. The molecule has 0 unspecified atom stereocenters. The van der Waals surface area contributed by atoms with Gasteiger partial charge >= 0.3 is 0 Å². The first kappa shape index (κ1) is 10.6. The summed E-state index contributed by atoms with van der Waals surface area (Å²) in [6.45, 7) is 2.60. The van der Waals surface area contributed by atoms with Crippen LogP contribution < -0.4 is 5.32 Å². The highest BCUT2D eigenvalue weighted by atomic mass is 16.1. The molecule has 0 aromatic carbocycles. The number of amides is 1. The van der Waals surface area contributed by atoms with Gasteiger partial charge in [0.1, 0.15) is 0 Å². The van der Waals surface area contributed by atoms with E-state index in [-0.39, 0.29) is 5.91 Å². The zero-order chi connectivity index (χ0) is 11.2. The number of fused-ring (bicyclic) bond motifs is 1.